The number of hydrogen-bond acceptors (Lipinski definition) is 5. The van der Waals surface area contributed by atoms with Crippen molar-refractivity contribution in [3.05, 3.63) is 54.2 Å². The van der Waals surface area contributed by atoms with Gasteiger partial charge in [-0.3, -0.25) is 4.79 Å². The van der Waals surface area contributed by atoms with Gasteiger partial charge in [0.2, 0.25) is 0 Å². The molecule has 1 heterocycles. The van der Waals surface area contributed by atoms with E-state index >= 15 is 0 Å². The maximum atomic E-state index is 13.5. The third-order valence-corrected chi connectivity index (χ3v) is 6.92. The molecular weight excluding hydrogens is 458 g/mol. The molecule has 10 heteroatoms. The number of rotatable bonds is 11. The van der Waals surface area contributed by atoms with E-state index in [2.05, 4.69) is 10.6 Å². The maximum Gasteiger partial charge on any atom is 0.319 e. The summed E-state index contributed by atoms with van der Waals surface area (Å²) in [4.78, 5) is 23.0. The molecule has 0 fully saturated rings. The number of benzene rings is 2. The summed E-state index contributed by atoms with van der Waals surface area (Å²) >= 11 is 0. The fourth-order valence-electron chi connectivity index (χ4n) is 3.52. The Morgan fingerprint density at radius 3 is 2.47 bits per heavy atom. The molecule has 2 amide bonds. The van der Waals surface area contributed by atoms with Crippen LogP contribution in [0.15, 0.2) is 53.6 Å². The highest BCUT2D eigenvalue weighted by atomic mass is 32.2. The minimum Gasteiger partial charge on any atom is -0.494 e. The summed E-state index contributed by atoms with van der Waals surface area (Å²) in [6.45, 7) is 4.84. The van der Waals surface area contributed by atoms with Crippen molar-refractivity contribution in [3.8, 4) is 5.75 Å². The highest BCUT2D eigenvalue weighted by Crippen LogP contribution is 2.30. The highest BCUT2D eigenvalue weighted by molar-refractivity contribution is 7.90. The summed E-state index contributed by atoms with van der Waals surface area (Å²) in [7, 11) is -3.99. The molecule has 182 valence electrons. The number of unbranched alkanes of at least 4 members (excludes halogenated alkanes) is 1. The molecule has 3 aromatic rings. The number of hydrogen-bond donors (Lipinski definition) is 3. The standard InChI is InChI=1S/C24H29N3O6S/c1-3-5-14-25-24(30)26-18-7-10-20(11-8-18)34(31,32)27-16-17(6-13-23(28)29)21-12-9-19(33-4-2)15-22(21)27/h7-12,15-16H,3-6,13-14H2,1-2H3,(H,28,29)(H2,25,26,30). The fourth-order valence-corrected chi connectivity index (χ4v) is 4.90. The van der Waals surface area contributed by atoms with Gasteiger partial charge in [0.05, 0.1) is 17.0 Å². The number of amides is 2. The Hall–Kier alpha value is -3.53. The van der Waals surface area contributed by atoms with E-state index in [0.717, 1.165) is 16.8 Å². The number of aromatic nitrogens is 1. The summed E-state index contributed by atoms with van der Waals surface area (Å²) in [5, 5.41) is 15.1. The second-order valence-corrected chi connectivity index (χ2v) is 9.53. The number of fused-ring (bicyclic) bond motifs is 1. The van der Waals surface area contributed by atoms with Gasteiger partial charge in [-0.25, -0.2) is 17.2 Å². The van der Waals surface area contributed by atoms with Crippen molar-refractivity contribution in [3.63, 3.8) is 0 Å². The van der Waals surface area contributed by atoms with Gasteiger partial charge < -0.3 is 20.5 Å². The van der Waals surface area contributed by atoms with Gasteiger partial charge in [0, 0.05) is 36.3 Å². The predicted molar refractivity (Wildman–Crippen MR) is 130 cm³/mol. The topological polar surface area (TPSA) is 127 Å². The minimum atomic E-state index is -3.99. The number of carboxylic acid groups (broad SMARTS) is 1. The number of urea groups is 1. The van der Waals surface area contributed by atoms with Crippen LogP contribution < -0.4 is 15.4 Å². The third-order valence-electron chi connectivity index (χ3n) is 5.23. The first-order chi connectivity index (χ1) is 16.3. The predicted octanol–water partition coefficient (Wildman–Crippen LogP) is 4.22. The van der Waals surface area contributed by atoms with Gasteiger partial charge in [-0.15, -0.1) is 0 Å². The van der Waals surface area contributed by atoms with Crippen LogP contribution >= 0.6 is 0 Å². The number of aliphatic carboxylic acids is 1. The molecule has 0 unspecified atom stereocenters. The van der Waals surface area contributed by atoms with Crippen LogP contribution in [0.2, 0.25) is 0 Å². The first kappa shape index (κ1) is 25.1. The number of ether oxygens (including phenoxy) is 1. The molecule has 0 spiro atoms. The normalized spacial score (nSPS) is 11.4. The zero-order chi connectivity index (χ0) is 24.7. The Morgan fingerprint density at radius 2 is 1.82 bits per heavy atom. The number of carbonyl (C=O) groups is 2. The van der Waals surface area contributed by atoms with Gasteiger partial charge in [-0.05, 0) is 61.7 Å². The van der Waals surface area contributed by atoms with E-state index in [4.69, 9.17) is 9.84 Å². The molecule has 1 aromatic heterocycles. The van der Waals surface area contributed by atoms with Crippen LogP contribution in [0.3, 0.4) is 0 Å². The van der Waals surface area contributed by atoms with Gasteiger partial charge in [0.1, 0.15) is 5.75 Å². The van der Waals surface area contributed by atoms with Gasteiger partial charge >= 0.3 is 12.0 Å². The quantitative estimate of drug-likeness (QED) is 0.348. The molecule has 0 radical (unpaired) electrons. The molecule has 0 saturated carbocycles. The maximum absolute atomic E-state index is 13.5. The van der Waals surface area contributed by atoms with Crippen molar-refractivity contribution in [1.82, 2.24) is 9.29 Å². The number of anilines is 1. The van der Waals surface area contributed by atoms with Crippen LogP contribution in [-0.4, -0.2) is 42.6 Å². The van der Waals surface area contributed by atoms with Crippen molar-refractivity contribution >= 4 is 38.6 Å². The van der Waals surface area contributed by atoms with Crippen LogP contribution in [0.5, 0.6) is 5.75 Å². The number of nitrogens with zero attached hydrogens (tertiary/aromatic N) is 1. The van der Waals surface area contributed by atoms with E-state index in [1.807, 2.05) is 13.8 Å². The molecule has 9 nitrogen and oxygen atoms in total. The molecule has 0 saturated heterocycles. The lowest BCUT2D eigenvalue weighted by Crippen LogP contribution is -2.29. The summed E-state index contributed by atoms with van der Waals surface area (Å²) in [6.07, 6.45) is 3.37. The summed E-state index contributed by atoms with van der Waals surface area (Å²) in [5.41, 5.74) is 1.49. The molecule has 0 aliphatic carbocycles. The first-order valence-corrected chi connectivity index (χ1v) is 12.6. The average Bonchev–Trinajstić information content (AvgIpc) is 3.17. The molecule has 0 bridgehead atoms. The summed E-state index contributed by atoms with van der Waals surface area (Å²) in [6, 6.07) is 10.7. The van der Waals surface area contributed by atoms with E-state index in [-0.39, 0.29) is 23.8 Å². The van der Waals surface area contributed by atoms with E-state index in [9.17, 15) is 18.0 Å². The van der Waals surface area contributed by atoms with Crippen LogP contribution in [-0.2, 0) is 21.2 Å². The first-order valence-electron chi connectivity index (χ1n) is 11.1. The molecule has 0 atom stereocenters. The number of carbonyl (C=O) groups excluding carboxylic acids is 1. The Kier molecular flexibility index (Phi) is 8.17. The van der Waals surface area contributed by atoms with Crippen molar-refractivity contribution in [2.45, 2.75) is 44.4 Å². The average molecular weight is 488 g/mol. The Balaban J connectivity index is 1.93. The highest BCUT2D eigenvalue weighted by Gasteiger charge is 2.22. The van der Waals surface area contributed by atoms with Crippen molar-refractivity contribution < 1.29 is 27.9 Å². The molecule has 2 aromatic carbocycles. The molecule has 3 N–H and O–H groups in total. The molecule has 0 aliphatic heterocycles. The Morgan fingerprint density at radius 1 is 1.09 bits per heavy atom. The summed E-state index contributed by atoms with van der Waals surface area (Å²) in [5.74, 6) is -0.445. The van der Waals surface area contributed by atoms with Crippen LogP contribution in [0.1, 0.15) is 38.7 Å². The largest absolute Gasteiger partial charge is 0.494 e. The summed E-state index contributed by atoms with van der Waals surface area (Å²) < 4.78 is 33.7. The lowest BCUT2D eigenvalue weighted by atomic mass is 10.1. The minimum absolute atomic E-state index is 0.0351. The SMILES string of the molecule is CCCCNC(=O)Nc1ccc(S(=O)(=O)n2cc(CCC(=O)O)c3ccc(OCC)cc32)cc1. The van der Waals surface area contributed by atoms with E-state index in [1.54, 1.807) is 18.2 Å². The molecule has 34 heavy (non-hydrogen) atoms. The van der Waals surface area contributed by atoms with Crippen molar-refractivity contribution in [2.75, 3.05) is 18.5 Å². The zero-order valence-corrected chi connectivity index (χ0v) is 20.0. The fraction of sp³-hybridized carbons (Fsp3) is 0.333. The van der Waals surface area contributed by atoms with Gasteiger partial charge in [-0.1, -0.05) is 13.3 Å². The number of nitrogens with one attached hydrogen (secondary N) is 2. The number of carboxylic acids is 1. The van der Waals surface area contributed by atoms with Gasteiger partial charge in [0.25, 0.3) is 10.0 Å². The van der Waals surface area contributed by atoms with Gasteiger partial charge in [0.15, 0.2) is 0 Å². The van der Waals surface area contributed by atoms with E-state index < -0.39 is 16.0 Å². The molecule has 0 aliphatic rings. The van der Waals surface area contributed by atoms with Crippen LogP contribution in [0.25, 0.3) is 10.9 Å². The monoisotopic (exact) mass is 487 g/mol. The van der Waals surface area contributed by atoms with E-state index in [1.165, 1.54) is 30.5 Å². The number of aryl methyl sites for hydroxylation is 1. The Labute approximate surface area is 198 Å². The van der Waals surface area contributed by atoms with Crippen LogP contribution in [0.4, 0.5) is 10.5 Å². The zero-order valence-electron chi connectivity index (χ0n) is 19.2. The smallest absolute Gasteiger partial charge is 0.319 e. The molecule has 3 rings (SSSR count). The second kappa shape index (κ2) is 11.1. The Bertz CT molecular complexity index is 1270. The molecular formula is C24H29N3O6S. The second-order valence-electron chi connectivity index (χ2n) is 7.72. The lowest BCUT2D eigenvalue weighted by molar-refractivity contribution is -0.136. The van der Waals surface area contributed by atoms with Crippen molar-refractivity contribution in [2.24, 2.45) is 0 Å². The lowest BCUT2D eigenvalue weighted by Gasteiger charge is -2.11. The van der Waals surface area contributed by atoms with Crippen LogP contribution in [0, 0.1) is 0 Å². The van der Waals surface area contributed by atoms with Crippen molar-refractivity contribution in [1.29, 1.82) is 0 Å². The third kappa shape index (κ3) is 5.88. The van der Waals surface area contributed by atoms with E-state index in [0.29, 0.717) is 41.1 Å². The van der Waals surface area contributed by atoms with Gasteiger partial charge in [-0.2, -0.15) is 0 Å².